The lowest BCUT2D eigenvalue weighted by Gasteiger charge is -2.49. The van der Waals surface area contributed by atoms with E-state index >= 15 is 0 Å². The first-order valence-corrected chi connectivity index (χ1v) is 13.3. The number of nitrogens with one attached hydrogen (secondary N) is 1. The van der Waals surface area contributed by atoms with Crippen molar-refractivity contribution in [1.82, 2.24) is 20.4 Å². The van der Waals surface area contributed by atoms with Gasteiger partial charge in [0.25, 0.3) is 11.1 Å². The first-order chi connectivity index (χ1) is 16.4. The second kappa shape index (κ2) is 10.8. The Hall–Kier alpha value is -2.48. The summed E-state index contributed by atoms with van der Waals surface area (Å²) in [7, 11) is 1.55. The van der Waals surface area contributed by atoms with E-state index in [1.807, 2.05) is 30.3 Å². The van der Waals surface area contributed by atoms with Crippen LogP contribution in [0.4, 0.5) is 0 Å². The van der Waals surface area contributed by atoms with Gasteiger partial charge >= 0.3 is 5.97 Å². The average Bonchev–Trinajstić information content (AvgIpc) is 3.26. The third-order valence-electron chi connectivity index (χ3n) is 5.12. The van der Waals surface area contributed by atoms with Gasteiger partial charge in [0.15, 0.2) is 0 Å². The Morgan fingerprint density at radius 1 is 1.35 bits per heavy atom. The standard InChI is InChI=1S/C21H22N4O6S3/c1-11-23-24-21(31-11)33-9-13-8-32-19-14(18(27)25(19)15(13)20(28)29)22-17(26)16(34-10-30-2)12-6-4-3-5-7-12/h3-7,14,16,19H,8-10H2,1-2H3,(H,22,26)(H,28,29). The van der Waals surface area contributed by atoms with Crippen LogP contribution in [0.2, 0.25) is 0 Å². The molecular weight excluding hydrogens is 500 g/mol. The number of carbonyl (C=O) groups excluding carboxylic acids is 2. The first-order valence-electron chi connectivity index (χ1n) is 10.2. The number of carboxylic acids is 1. The lowest BCUT2D eigenvalue weighted by molar-refractivity contribution is -0.150. The summed E-state index contributed by atoms with van der Waals surface area (Å²) >= 11 is 3.95. The number of aryl methyl sites for hydroxylation is 1. The van der Waals surface area contributed by atoms with E-state index in [4.69, 9.17) is 9.15 Å². The van der Waals surface area contributed by atoms with E-state index in [1.165, 1.54) is 40.2 Å². The van der Waals surface area contributed by atoms with Crippen LogP contribution in [0.5, 0.6) is 0 Å². The maximum absolute atomic E-state index is 13.1. The van der Waals surface area contributed by atoms with Gasteiger partial charge in [-0.05, 0) is 11.1 Å². The van der Waals surface area contributed by atoms with Gasteiger partial charge in [0.05, 0.1) is 5.94 Å². The summed E-state index contributed by atoms with van der Waals surface area (Å²) in [5.41, 5.74) is 1.34. The van der Waals surface area contributed by atoms with Crippen LogP contribution in [0.3, 0.4) is 0 Å². The number of nitrogens with zero attached hydrogens (tertiary/aromatic N) is 3. The van der Waals surface area contributed by atoms with Crippen molar-refractivity contribution >= 4 is 53.1 Å². The van der Waals surface area contributed by atoms with E-state index in [0.29, 0.717) is 34.1 Å². The van der Waals surface area contributed by atoms with Crippen molar-refractivity contribution in [2.45, 2.75) is 28.8 Å². The van der Waals surface area contributed by atoms with Gasteiger partial charge in [0, 0.05) is 25.5 Å². The average molecular weight is 523 g/mol. The van der Waals surface area contributed by atoms with Gasteiger partial charge in [0.2, 0.25) is 11.8 Å². The van der Waals surface area contributed by atoms with Crippen LogP contribution in [-0.4, -0.2) is 74.0 Å². The quantitative estimate of drug-likeness (QED) is 0.270. The molecule has 0 spiro atoms. The number of fused-ring (bicyclic) bond motifs is 1. The van der Waals surface area contributed by atoms with E-state index in [1.54, 1.807) is 14.0 Å². The number of amides is 2. The van der Waals surface area contributed by atoms with E-state index in [0.717, 1.165) is 5.56 Å². The number of hydrogen-bond donors (Lipinski definition) is 2. The van der Waals surface area contributed by atoms with E-state index in [9.17, 15) is 19.5 Å². The van der Waals surface area contributed by atoms with Crippen LogP contribution in [-0.2, 0) is 19.1 Å². The third-order valence-corrected chi connectivity index (χ3v) is 8.55. The van der Waals surface area contributed by atoms with Crippen molar-refractivity contribution in [3.8, 4) is 0 Å². The SMILES string of the molecule is COCSC(C(=O)NC1C(=O)N2C(C(=O)O)=C(CSc3nnc(C)o3)CSC12)c1ccccc1. The van der Waals surface area contributed by atoms with Crippen molar-refractivity contribution < 1.29 is 28.6 Å². The van der Waals surface area contributed by atoms with Crippen molar-refractivity contribution in [2.75, 3.05) is 24.6 Å². The number of methoxy groups -OCH3 is 1. The molecule has 2 N–H and O–H groups in total. The van der Waals surface area contributed by atoms with Crippen LogP contribution in [0.25, 0.3) is 0 Å². The predicted octanol–water partition coefficient (Wildman–Crippen LogP) is 2.29. The van der Waals surface area contributed by atoms with Crippen molar-refractivity contribution in [2.24, 2.45) is 0 Å². The molecule has 4 rings (SSSR count). The normalized spacial score (nSPS) is 20.5. The summed E-state index contributed by atoms with van der Waals surface area (Å²) in [5, 5.41) is 19.6. The summed E-state index contributed by atoms with van der Waals surface area (Å²) in [4.78, 5) is 39.3. The largest absolute Gasteiger partial charge is 0.477 e. The Morgan fingerprint density at radius 2 is 2.12 bits per heavy atom. The van der Waals surface area contributed by atoms with Crippen LogP contribution in [0, 0.1) is 6.92 Å². The number of hydrogen-bond acceptors (Lipinski definition) is 10. The molecule has 1 fully saturated rings. The molecule has 10 nitrogen and oxygen atoms in total. The van der Waals surface area contributed by atoms with Gasteiger partial charge in [-0.2, -0.15) is 0 Å². The fourth-order valence-corrected chi connectivity index (χ4v) is 6.73. The monoisotopic (exact) mass is 522 g/mol. The van der Waals surface area contributed by atoms with Gasteiger partial charge in [-0.25, -0.2) is 4.79 Å². The zero-order valence-electron chi connectivity index (χ0n) is 18.3. The smallest absolute Gasteiger partial charge is 0.352 e. The van der Waals surface area contributed by atoms with Crippen LogP contribution in [0.15, 0.2) is 51.2 Å². The van der Waals surface area contributed by atoms with E-state index in [2.05, 4.69) is 15.5 Å². The molecule has 0 aliphatic carbocycles. The zero-order valence-corrected chi connectivity index (χ0v) is 20.7. The summed E-state index contributed by atoms with van der Waals surface area (Å²) in [6.45, 7) is 1.67. The number of benzene rings is 1. The molecule has 2 aliphatic rings. The molecule has 1 aromatic carbocycles. The van der Waals surface area contributed by atoms with E-state index in [-0.39, 0.29) is 11.6 Å². The molecule has 2 aliphatic heterocycles. The Labute approximate surface area is 208 Å². The summed E-state index contributed by atoms with van der Waals surface area (Å²) < 4.78 is 10.4. The summed E-state index contributed by atoms with van der Waals surface area (Å²) in [6, 6.07) is 8.44. The van der Waals surface area contributed by atoms with Crippen molar-refractivity contribution in [3.63, 3.8) is 0 Å². The topological polar surface area (TPSA) is 135 Å². The Bertz CT molecular complexity index is 1110. The summed E-state index contributed by atoms with van der Waals surface area (Å²) in [6.07, 6.45) is 0. The molecule has 2 amide bonds. The minimum Gasteiger partial charge on any atom is -0.477 e. The third kappa shape index (κ3) is 5.11. The fraction of sp³-hybridized carbons (Fsp3) is 0.381. The maximum Gasteiger partial charge on any atom is 0.352 e. The fourth-order valence-electron chi connectivity index (χ4n) is 3.60. The second-order valence-corrected chi connectivity index (χ2v) is 10.5. The highest BCUT2D eigenvalue weighted by Crippen LogP contribution is 2.42. The van der Waals surface area contributed by atoms with Gasteiger partial charge in [-0.1, -0.05) is 42.1 Å². The van der Waals surface area contributed by atoms with Crippen molar-refractivity contribution in [3.05, 3.63) is 53.1 Å². The first kappa shape index (κ1) is 24.6. The van der Waals surface area contributed by atoms with Gasteiger partial charge in [-0.15, -0.1) is 33.7 Å². The number of ether oxygens (including phenoxy) is 1. The summed E-state index contributed by atoms with van der Waals surface area (Å²) in [5.74, 6) is -0.511. The zero-order chi connectivity index (χ0) is 24.2. The molecule has 13 heteroatoms. The van der Waals surface area contributed by atoms with Crippen LogP contribution < -0.4 is 5.32 Å². The molecule has 3 heterocycles. The Morgan fingerprint density at radius 3 is 2.76 bits per heavy atom. The molecule has 1 aromatic heterocycles. The maximum atomic E-state index is 13.1. The van der Waals surface area contributed by atoms with Gasteiger partial charge < -0.3 is 19.6 Å². The highest BCUT2D eigenvalue weighted by molar-refractivity contribution is 8.01. The van der Waals surface area contributed by atoms with Crippen LogP contribution >= 0.6 is 35.3 Å². The minimum absolute atomic E-state index is 0.0450. The number of thioether (sulfide) groups is 3. The molecule has 3 unspecified atom stereocenters. The number of carbonyl (C=O) groups is 3. The van der Waals surface area contributed by atoms with Gasteiger partial charge in [-0.3, -0.25) is 14.5 Å². The molecule has 180 valence electrons. The number of β-lactam (4-membered cyclic amide) rings is 1. The predicted molar refractivity (Wildman–Crippen MR) is 128 cm³/mol. The Kier molecular flexibility index (Phi) is 7.86. The lowest BCUT2D eigenvalue weighted by Crippen LogP contribution is -2.70. The number of rotatable bonds is 10. The van der Waals surface area contributed by atoms with E-state index < -0.39 is 28.5 Å². The number of aromatic nitrogens is 2. The molecule has 1 saturated heterocycles. The van der Waals surface area contributed by atoms with Gasteiger partial charge in [0.1, 0.15) is 22.4 Å². The molecule has 34 heavy (non-hydrogen) atoms. The lowest BCUT2D eigenvalue weighted by atomic mass is 10.0. The molecule has 2 aromatic rings. The molecule has 0 saturated carbocycles. The highest BCUT2D eigenvalue weighted by atomic mass is 32.2. The second-order valence-electron chi connectivity index (χ2n) is 7.39. The molecule has 0 bridgehead atoms. The van der Waals surface area contributed by atoms with Crippen molar-refractivity contribution in [1.29, 1.82) is 0 Å². The number of aliphatic carboxylic acids is 1. The number of carboxylic acid groups (broad SMARTS) is 1. The minimum atomic E-state index is -1.18. The molecule has 3 atom stereocenters. The molecule has 0 radical (unpaired) electrons. The highest BCUT2D eigenvalue weighted by Gasteiger charge is 2.54. The molecular formula is C21H22N4O6S3. The Balaban J connectivity index is 1.47. The van der Waals surface area contributed by atoms with Crippen LogP contribution in [0.1, 0.15) is 16.7 Å².